The molecule has 1 aromatic carbocycles. The van der Waals surface area contributed by atoms with Crippen molar-refractivity contribution in [1.29, 1.82) is 0 Å². The highest BCUT2D eigenvalue weighted by atomic mass is 32.7. The van der Waals surface area contributed by atoms with E-state index in [-0.39, 0.29) is 7.12 Å². The monoisotopic (exact) mass is 270 g/mol. The summed E-state index contributed by atoms with van der Waals surface area (Å²) < 4.78 is 0. The number of hydrogen-bond acceptors (Lipinski definition) is 1. The van der Waals surface area contributed by atoms with Gasteiger partial charge in [-0.3, -0.25) is 0 Å². The predicted octanol–water partition coefficient (Wildman–Crippen LogP) is 4.76. The molecule has 0 unspecified atom stereocenters. The molecular weight excluding hydrogens is 247 g/mol. The lowest BCUT2D eigenvalue weighted by Gasteiger charge is -2.22. The molecule has 0 bridgehead atoms. The lowest BCUT2D eigenvalue weighted by atomic mass is 10.4. The van der Waals surface area contributed by atoms with Crippen LogP contribution in [0.5, 0.6) is 0 Å². The minimum atomic E-state index is -1.18. The van der Waals surface area contributed by atoms with Gasteiger partial charge in [-0.25, -0.2) is 0 Å². The maximum absolute atomic E-state index is 2.44. The van der Waals surface area contributed by atoms with Crippen LogP contribution < -0.4 is 5.19 Å². The van der Waals surface area contributed by atoms with Crippen molar-refractivity contribution in [3.8, 4) is 0 Å². The molecule has 0 aliphatic rings. The highest BCUT2D eigenvalue weighted by Crippen LogP contribution is 2.52. The normalized spacial score (nSPS) is 12.1. The average molecular weight is 270 g/mol. The summed E-state index contributed by atoms with van der Waals surface area (Å²) in [5, 5.41) is 1.63. The first kappa shape index (κ1) is 14.3. The Morgan fingerprint density at radius 2 is 1.62 bits per heavy atom. The molecule has 0 aliphatic heterocycles. The van der Waals surface area contributed by atoms with Crippen LogP contribution in [0.4, 0.5) is 0 Å². The van der Waals surface area contributed by atoms with Crippen molar-refractivity contribution in [2.24, 2.45) is 0 Å². The van der Waals surface area contributed by atoms with Crippen LogP contribution in [0, 0.1) is 0 Å². The molecule has 0 aromatic heterocycles. The molecule has 0 saturated heterocycles. The van der Waals surface area contributed by atoms with Crippen molar-refractivity contribution in [2.75, 3.05) is 12.3 Å². The number of benzene rings is 1. The van der Waals surface area contributed by atoms with E-state index in [1.54, 1.807) is 10.1 Å². The van der Waals surface area contributed by atoms with Crippen LogP contribution in [-0.4, -0.2) is 20.4 Å². The molecule has 1 rings (SSSR count). The fraction of sp³-hybridized carbons (Fsp3) is 0.538. The Balaban J connectivity index is 2.95. The van der Waals surface area contributed by atoms with E-state index in [1.165, 1.54) is 12.3 Å². The van der Waals surface area contributed by atoms with Crippen LogP contribution in [-0.2, 0) is 0 Å². The zero-order valence-corrected chi connectivity index (χ0v) is 13.8. The van der Waals surface area contributed by atoms with Crippen LogP contribution >= 0.6 is 18.5 Å². The van der Waals surface area contributed by atoms with E-state index in [4.69, 9.17) is 0 Å². The van der Waals surface area contributed by atoms with Gasteiger partial charge in [-0.05, 0) is 30.7 Å². The topological polar surface area (TPSA) is 0 Å². The zero-order valence-electron chi connectivity index (χ0n) is 11.1. The Labute approximate surface area is 107 Å². The number of rotatable bonds is 5. The third kappa shape index (κ3) is 3.91. The minimum absolute atomic E-state index is 0.143. The first-order chi connectivity index (χ1) is 7.49. The maximum Gasteiger partial charge on any atom is 0.0790 e. The number of hydrogen-bond donors (Lipinski definition) is 0. The molecular formula is C13H23PSSi. The van der Waals surface area contributed by atoms with Crippen molar-refractivity contribution in [3.05, 3.63) is 24.3 Å². The standard InChI is InChI=1S/C13H23PSSi/c1-6-14(7-2)15-12-10-8-9-11-13(12)16(3,4)5/h8-11H,6-7H2,1-5H3. The molecule has 0 aliphatic carbocycles. The van der Waals surface area contributed by atoms with E-state index in [9.17, 15) is 0 Å². The fourth-order valence-electron chi connectivity index (χ4n) is 1.66. The van der Waals surface area contributed by atoms with Gasteiger partial charge in [0.05, 0.1) is 8.07 Å². The van der Waals surface area contributed by atoms with Crippen molar-refractivity contribution in [1.82, 2.24) is 0 Å². The summed E-state index contributed by atoms with van der Waals surface area (Å²) in [6.45, 7) is 11.9. The van der Waals surface area contributed by atoms with Gasteiger partial charge in [0.2, 0.25) is 0 Å². The largest absolute Gasteiger partial charge is 0.0988 e. The highest BCUT2D eigenvalue weighted by Gasteiger charge is 2.20. The van der Waals surface area contributed by atoms with Gasteiger partial charge in [-0.15, -0.1) is 0 Å². The predicted molar refractivity (Wildman–Crippen MR) is 83.3 cm³/mol. The van der Waals surface area contributed by atoms with Crippen molar-refractivity contribution >= 4 is 31.8 Å². The van der Waals surface area contributed by atoms with E-state index in [2.05, 4.69) is 69.1 Å². The van der Waals surface area contributed by atoms with Crippen LogP contribution in [0.25, 0.3) is 0 Å². The second-order valence-corrected chi connectivity index (χ2v) is 14.9. The third-order valence-electron chi connectivity index (χ3n) is 2.63. The molecule has 0 amide bonds. The van der Waals surface area contributed by atoms with Gasteiger partial charge >= 0.3 is 0 Å². The van der Waals surface area contributed by atoms with E-state index >= 15 is 0 Å². The summed E-state index contributed by atoms with van der Waals surface area (Å²) in [5.74, 6) is 0. The SMILES string of the molecule is CCP(CC)Sc1ccccc1[Si](C)(C)C. The third-order valence-corrected chi connectivity index (χ3v) is 10.00. The molecule has 0 spiro atoms. The summed E-state index contributed by atoms with van der Waals surface area (Å²) in [6.07, 6.45) is 2.66. The van der Waals surface area contributed by atoms with Crippen LogP contribution in [0.1, 0.15) is 13.8 Å². The molecule has 90 valence electrons. The molecule has 0 nitrogen and oxygen atoms in total. The van der Waals surface area contributed by atoms with E-state index in [0.29, 0.717) is 0 Å². The fourth-order valence-corrected chi connectivity index (χ4v) is 7.78. The van der Waals surface area contributed by atoms with Gasteiger partial charge in [-0.1, -0.05) is 63.1 Å². The molecule has 0 fully saturated rings. The van der Waals surface area contributed by atoms with Crippen molar-refractivity contribution < 1.29 is 0 Å². The van der Waals surface area contributed by atoms with Gasteiger partial charge in [0.15, 0.2) is 0 Å². The van der Waals surface area contributed by atoms with Gasteiger partial charge in [0, 0.05) is 4.90 Å². The summed E-state index contributed by atoms with van der Waals surface area (Å²) >= 11 is 2.14. The second kappa shape index (κ2) is 6.23. The van der Waals surface area contributed by atoms with Gasteiger partial charge in [-0.2, -0.15) is 0 Å². The van der Waals surface area contributed by atoms with E-state index in [0.717, 1.165) is 0 Å². The summed E-state index contributed by atoms with van der Waals surface area (Å²) in [4.78, 5) is 1.55. The highest BCUT2D eigenvalue weighted by molar-refractivity contribution is 8.55. The van der Waals surface area contributed by atoms with Crippen LogP contribution in [0.2, 0.25) is 19.6 Å². The lowest BCUT2D eigenvalue weighted by Crippen LogP contribution is -2.38. The summed E-state index contributed by atoms with van der Waals surface area (Å²) in [5.41, 5.74) is 0. The summed E-state index contributed by atoms with van der Waals surface area (Å²) in [6, 6.07) is 9.04. The van der Waals surface area contributed by atoms with Crippen molar-refractivity contribution in [2.45, 2.75) is 38.4 Å². The molecule has 0 radical (unpaired) electrons. The Kier molecular flexibility index (Phi) is 5.56. The first-order valence-electron chi connectivity index (χ1n) is 6.01. The average Bonchev–Trinajstić information content (AvgIpc) is 2.25. The molecule has 0 N–H and O–H groups in total. The molecule has 16 heavy (non-hydrogen) atoms. The molecule has 1 aromatic rings. The van der Waals surface area contributed by atoms with Crippen LogP contribution in [0.3, 0.4) is 0 Å². The summed E-state index contributed by atoms with van der Waals surface area (Å²) in [7, 11) is -1.04. The zero-order chi connectivity index (χ0) is 12.2. The van der Waals surface area contributed by atoms with E-state index in [1.807, 2.05) is 0 Å². The Morgan fingerprint density at radius 1 is 1.06 bits per heavy atom. The molecule has 3 heteroatoms. The maximum atomic E-state index is 2.44. The van der Waals surface area contributed by atoms with Gasteiger partial charge < -0.3 is 0 Å². The Hall–Kier alpha value is 0.217. The smallest absolute Gasteiger partial charge is 0.0790 e. The van der Waals surface area contributed by atoms with Gasteiger partial charge in [0.25, 0.3) is 0 Å². The quantitative estimate of drug-likeness (QED) is 0.549. The Bertz CT molecular complexity index is 329. The first-order valence-corrected chi connectivity index (χ1v) is 12.6. The van der Waals surface area contributed by atoms with E-state index < -0.39 is 8.07 Å². The van der Waals surface area contributed by atoms with Crippen molar-refractivity contribution in [3.63, 3.8) is 0 Å². The molecule has 0 saturated carbocycles. The minimum Gasteiger partial charge on any atom is -0.0988 e. The van der Waals surface area contributed by atoms with Crippen LogP contribution in [0.15, 0.2) is 29.2 Å². The lowest BCUT2D eigenvalue weighted by molar-refractivity contribution is 1.43. The molecule has 0 heterocycles. The van der Waals surface area contributed by atoms with Gasteiger partial charge in [0.1, 0.15) is 0 Å². The molecule has 0 atom stereocenters. The second-order valence-electron chi connectivity index (χ2n) is 4.95. The Morgan fingerprint density at radius 3 is 2.12 bits per heavy atom.